The van der Waals surface area contributed by atoms with Gasteiger partial charge in [-0.05, 0) is 60.0 Å². The monoisotopic (exact) mass is 452 g/mol. The smallest absolute Gasteiger partial charge is 0.253 e. The fourth-order valence-electron chi connectivity index (χ4n) is 3.81. The van der Waals surface area contributed by atoms with E-state index in [0.29, 0.717) is 42.6 Å². The molecule has 0 N–H and O–H groups in total. The zero-order chi connectivity index (χ0) is 22.5. The van der Waals surface area contributed by atoms with Gasteiger partial charge in [-0.2, -0.15) is 0 Å². The van der Waals surface area contributed by atoms with Crippen molar-refractivity contribution in [2.45, 2.75) is 20.1 Å². The van der Waals surface area contributed by atoms with Crippen LogP contribution in [0, 0.1) is 12.7 Å². The standard InChI is InChI=1S/C26H26ClFN2O2/c1-19-5-10-24(27)25(15-19)32-18-20-6-8-22(9-7-20)26(31)30-13-11-29(12-14-30)17-21-3-2-4-23(28)16-21/h2-10,15-16H,11-14,17-18H2,1H3. The highest BCUT2D eigenvalue weighted by molar-refractivity contribution is 6.32. The van der Waals surface area contributed by atoms with Gasteiger partial charge in [-0.1, -0.05) is 41.9 Å². The molecule has 3 aromatic rings. The second-order valence-corrected chi connectivity index (χ2v) is 8.52. The Kier molecular flexibility index (Phi) is 7.08. The molecule has 32 heavy (non-hydrogen) atoms. The highest BCUT2D eigenvalue weighted by atomic mass is 35.5. The summed E-state index contributed by atoms with van der Waals surface area (Å²) < 4.78 is 19.2. The summed E-state index contributed by atoms with van der Waals surface area (Å²) in [7, 11) is 0. The van der Waals surface area contributed by atoms with Crippen molar-refractivity contribution in [3.63, 3.8) is 0 Å². The minimum atomic E-state index is -0.216. The van der Waals surface area contributed by atoms with Crippen LogP contribution in [0.5, 0.6) is 5.75 Å². The van der Waals surface area contributed by atoms with Gasteiger partial charge in [0.25, 0.3) is 5.91 Å². The number of nitrogens with zero attached hydrogens (tertiary/aromatic N) is 2. The molecule has 1 heterocycles. The molecule has 1 amide bonds. The SMILES string of the molecule is Cc1ccc(Cl)c(OCc2ccc(C(=O)N3CCN(Cc4cccc(F)c4)CC3)cc2)c1. The molecule has 1 fully saturated rings. The number of hydrogen-bond acceptors (Lipinski definition) is 3. The van der Waals surface area contributed by atoms with Crippen LogP contribution in [0.25, 0.3) is 0 Å². The molecule has 1 aliphatic heterocycles. The van der Waals surface area contributed by atoms with E-state index in [-0.39, 0.29) is 11.7 Å². The van der Waals surface area contributed by atoms with Gasteiger partial charge in [-0.15, -0.1) is 0 Å². The van der Waals surface area contributed by atoms with Crippen molar-refractivity contribution in [2.75, 3.05) is 26.2 Å². The van der Waals surface area contributed by atoms with Crippen LogP contribution >= 0.6 is 11.6 Å². The summed E-state index contributed by atoms with van der Waals surface area (Å²) in [4.78, 5) is 17.0. The fraction of sp³-hybridized carbons (Fsp3) is 0.269. The van der Waals surface area contributed by atoms with Gasteiger partial charge in [0.2, 0.25) is 0 Å². The lowest BCUT2D eigenvalue weighted by atomic mass is 10.1. The largest absolute Gasteiger partial charge is 0.487 e. The highest BCUT2D eigenvalue weighted by Gasteiger charge is 2.22. The Morgan fingerprint density at radius 1 is 0.969 bits per heavy atom. The molecule has 4 nitrogen and oxygen atoms in total. The molecule has 6 heteroatoms. The zero-order valence-corrected chi connectivity index (χ0v) is 18.8. The summed E-state index contributed by atoms with van der Waals surface area (Å²) in [6.45, 7) is 5.92. The molecule has 4 rings (SSSR count). The maximum absolute atomic E-state index is 13.4. The van der Waals surface area contributed by atoms with Gasteiger partial charge < -0.3 is 9.64 Å². The Hall–Kier alpha value is -2.89. The number of carbonyl (C=O) groups is 1. The Labute approximate surface area is 193 Å². The molecule has 0 aliphatic carbocycles. The summed E-state index contributed by atoms with van der Waals surface area (Å²) >= 11 is 6.18. The van der Waals surface area contributed by atoms with Gasteiger partial charge in [0.1, 0.15) is 18.2 Å². The summed E-state index contributed by atoms with van der Waals surface area (Å²) in [6.07, 6.45) is 0. The molecule has 0 radical (unpaired) electrons. The molecule has 0 spiro atoms. The number of carbonyl (C=O) groups excluding carboxylic acids is 1. The van der Waals surface area contributed by atoms with Crippen LogP contribution in [-0.4, -0.2) is 41.9 Å². The molecule has 0 saturated carbocycles. The van der Waals surface area contributed by atoms with Crippen LogP contribution in [0.15, 0.2) is 66.7 Å². The van der Waals surface area contributed by atoms with E-state index in [9.17, 15) is 9.18 Å². The summed E-state index contributed by atoms with van der Waals surface area (Å²) in [5.74, 6) is 0.472. The minimum Gasteiger partial charge on any atom is -0.487 e. The average Bonchev–Trinajstić information content (AvgIpc) is 2.80. The minimum absolute atomic E-state index is 0.0320. The molecule has 166 valence electrons. The first-order chi connectivity index (χ1) is 15.5. The lowest BCUT2D eigenvalue weighted by Gasteiger charge is -2.34. The lowest BCUT2D eigenvalue weighted by Crippen LogP contribution is -2.48. The molecule has 1 aliphatic rings. The van der Waals surface area contributed by atoms with Crippen LogP contribution in [0.1, 0.15) is 27.0 Å². The van der Waals surface area contributed by atoms with Gasteiger partial charge in [0, 0.05) is 38.3 Å². The van der Waals surface area contributed by atoms with Crippen LogP contribution in [-0.2, 0) is 13.2 Å². The lowest BCUT2D eigenvalue weighted by molar-refractivity contribution is 0.0628. The van der Waals surface area contributed by atoms with Crippen molar-refractivity contribution in [3.8, 4) is 5.75 Å². The summed E-state index contributed by atoms with van der Waals surface area (Å²) in [5.41, 5.74) is 3.68. The summed E-state index contributed by atoms with van der Waals surface area (Å²) in [6, 6.07) is 19.9. The molecule has 1 saturated heterocycles. The van der Waals surface area contributed by atoms with Crippen LogP contribution in [0.2, 0.25) is 5.02 Å². The van der Waals surface area contributed by atoms with E-state index in [1.165, 1.54) is 6.07 Å². The first-order valence-electron chi connectivity index (χ1n) is 10.7. The second kappa shape index (κ2) is 10.2. The molecular weight excluding hydrogens is 427 g/mol. The van der Waals surface area contributed by atoms with Crippen LogP contribution < -0.4 is 4.74 Å². The molecule has 0 unspecified atom stereocenters. The topological polar surface area (TPSA) is 32.8 Å². The Balaban J connectivity index is 1.29. The molecule has 0 bridgehead atoms. The third-order valence-electron chi connectivity index (χ3n) is 5.64. The van der Waals surface area contributed by atoms with E-state index in [1.54, 1.807) is 12.1 Å². The van der Waals surface area contributed by atoms with Crippen molar-refractivity contribution in [1.29, 1.82) is 0 Å². The number of ether oxygens (including phenoxy) is 1. The predicted octanol–water partition coefficient (Wildman–Crippen LogP) is 5.32. The van der Waals surface area contributed by atoms with E-state index in [1.807, 2.05) is 60.4 Å². The molecule has 3 aromatic carbocycles. The van der Waals surface area contributed by atoms with Crippen molar-refractivity contribution in [3.05, 3.63) is 99.8 Å². The first-order valence-corrected chi connectivity index (χ1v) is 11.1. The zero-order valence-electron chi connectivity index (χ0n) is 18.1. The fourth-order valence-corrected chi connectivity index (χ4v) is 3.98. The maximum Gasteiger partial charge on any atom is 0.253 e. The Bertz CT molecular complexity index is 1080. The number of piperazine rings is 1. The van der Waals surface area contributed by atoms with E-state index >= 15 is 0 Å². The molecule has 0 atom stereocenters. The third-order valence-corrected chi connectivity index (χ3v) is 5.95. The Morgan fingerprint density at radius 3 is 2.44 bits per heavy atom. The van der Waals surface area contributed by atoms with Gasteiger partial charge in [-0.25, -0.2) is 4.39 Å². The number of rotatable bonds is 6. The van der Waals surface area contributed by atoms with Crippen molar-refractivity contribution in [2.24, 2.45) is 0 Å². The average molecular weight is 453 g/mol. The van der Waals surface area contributed by atoms with Gasteiger partial charge in [-0.3, -0.25) is 9.69 Å². The van der Waals surface area contributed by atoms with E-state index in [4.69, 9.17) is 16.3 Å². The van der Waals surface area contributed by atoms with E-state index < -0.39 is 0 Å². The summed E-state index contributed by atoms with van der Waals surface area (Å²) in [5, 5.41) is 0.582. The quantitative estimate of drug-likeness (QED) is 0.507. The Morgan fingerprint density at radius 2 is 1.72 bits per heavy atom. The maximum atomic E-state index is 13.4. The van der Waals surface area contributed by atoms with Gasteiger partial charge in [0.15, 0.2) is 0 Å². The third kappa shape index (κ3) is 5.67. The predicted molar refractivity (Wildman–Crippen MR) is 125 cm³/mol. The van der Waals surface area contributed by atoms with Gasteiger partial charge in [0.05, 0.1) is 5.02 Å². The van der Waals surface area contributed by atoms with E-state index in [2.05, 4.69) is 4.90 Å². The van der Waals surface area contributed by atoms with Crippen molar-refractivity contribution >= 4 is 17.5 Å². The second-order valence-electron chi connectivity index (χ2n) is 8.12. The van der Waals surface area contributed by atoms with Crippen molar-refractivity contribution < 1.29 is 13.9 Å². The molecule has 0 aromatic heterocycles. The number of halogens is 2. The van der Waals surface area contributed by atoms with Gasteiger partial charge >= 0.3 is 0 Å². The van der Waals surface area contributed by atoms with Crippen LogP contribution in [0.3, 0.4) is 0 Å². The number of benzene rings is 3. The van der Waals surface area contributed by atoms with E-state index in [0.717, 1.165) is 29.8 Å². The number of aryl methyl sites for hydroxylation is 1. The number of hydrogen-bond donors (Lipinski definition) is 0. The highest BCUT2D eigenvalue weighted by Crippen LogP contribution is 2.26. The van der Waals surface area contributed by atoms with Crippen LogP contribution in [0.4, 0.5) is 4.39 Å². The normalized spacial score (nSPS) is 14.4. The molecular formula is C26H26ClFN2O2. The van der Waals surface area contributed by atoms with Crippen molar-refractivity contribution in [1.82, 2.24) is 9.80 Å². The number of amides is 1. The first kappa shape index (κ1) is 22.3.